The molecule has 1 amide bonds. The fraction of sp³-hybridized carbons (Fsp3) is 0.417. The monoisotopic (exact) mass is 252 g/mol. The third kappa shape index (κ3) is 4.50. The van der Waals surface area contributed by atoms with Gasteiger partial charge in [-0.25, -0.2) is 4.79 Å². The first-order valence-electron chi connectivity index (χ1n) is 5.50. The first-order chi connectivity index (χ1) is 8.52. The number of ether oxygens (including phenoxy) is 1. The Kier molecular flexibility index (Phi) is 5.26. The van der Waals surface area contributed by atoms with E-state index in [2.05, 4.69) is 10.3 Å². The predicted molar refractivity (Wildman–Crippen MR) is 65.5 cm³/mol. The number of carbonyl (C=O) groups is 2. The molecule has 1 unspecified atom stereocenters. The van der Waals surface area contributed by atoms with Crippen LogP contribution in [0.1, 0.15) is 23.7 Å². The number of hydrogen-bond donors (Lipinski definition) is 2. The smallest absolute Gasteiger partial charge is 0.337 e. The second kappa shape index (κ2) is 6.70. The number of pyridine rings is 1. The Morgan fingerprint density at radius 1 is 1.50 bits per heavy atom. The van der Waals surface area contributed by atoms with E-state index in [0.29, 0.717) is 18.7 Å². The number of methoxy groups -OCH3 is 1. The molecule has 0 aromatic carbocycles. The summed E-state index contributed by atoms with van der Waals surface area (Å²) in [6.45, 7) is 2.40. The standard InChI is InChI=1S/C12H16N2O4/c1-8(7-18-2)3-11(15)14-10-4-9(12(16)17)5-13-6-10/h4-6,8H,3,7H2,1-2H3,(H,14,15)(H,16,17). The highest BCUT2D eigenvalue weighted by Gasteiger charge is 2.10. The lowest BCUT2D eigenvalue weighted by Crippen LogP contribution is -2.17. The van der Waals surface area contributed by atoms with E-state index in [1.54, 1.807) is 7.11 Å². The zero-order valence-electron chi connectivity index (χ0n) is 10.3. The number of aromatic carboxylic acids is 1. The van der Waals surface area contributed by atoms with Crippen molar-refractivity contribution in [2.24, 2.45) is 5.92 Å². The molecule has 0 spiro atoms. The van der Waals surface area contributed by atoms with Crippen molar-refractivity contribution < 1.29 is 19.4 Å². The molecule has 1 aromatic rings. The molecular weight excluding hydrogens is 236 g/mol. The Balaban J connectivity index is 2.59. The van der Waals surface area contributed by atoms with Gasteiger partial charge >= 0.3 is 5.97 Å². The fourth-order valence-corrected chi connectivity index (χ4v) is 1.50. The molecule has 6 nitrogen and oxygen atoms in total. The highest BCUT2D eigenvalue weighted by Crippen LogP contribution is 2.10. The number of hydrogen-bond acceptors (Lipinski definition) is 4. The van der Waals surface area contributed by atoms with E-state index >= 15 is 0 Å². The average molecular weight is 252 g/mol. The van der Waals surface area contributed by atoms with Crippen LogP contribution in [0, 0.1) is 5.92 Å². The summed E-state index contributed by atoms with van der Waals surface area (Å²) in [6, 6.07) is 1.37. The molecule has 0 fully saturated rings. The van der Waals surface area contributed by atoms with Crippen LogP contribution in [0.3, 0.4) is 0 Å². The Bertz CT molecular complexity index is 434. The topological polar surface area (TPSA) is 88.5 Å². The van der Waals surface area contributed by atoms with Gasteiger partial charge in [-0.1, -0.05) is 6.92 Å². The Hall–Kier alpha value is -1.95. The second-order valence-corrected chi connectivity index (χ2v) is 4.08. The molecule has 0 saturated carbocycles. The maximum atomic E-state index is 11.6. The highest BCUT2D eigenvalue weighted by atomic mass is 16.5. The van der Waals surface area contributed by atoms with Gasteiger partial charge in [0.2, 0.25) is 5.91 Å². The van der Waals surface area contributed by atoms with Crippen LogP contribution < -0.4 is 5.32 Å². The number of rotatable bonds is 6. The van der Waals surface area contributed by atoms with Crippen LogP contribution in [0.4, 0.5) is 5.69 Å². The molecule has 2 N–H and O–H groups in total. The summed E-state index contributed by atoms with van der Waals surface area (Å²) in [4.78, 5) is 26.1. The van der Waals surface area contributed by atoms with E-state index in [4.69, 9.17) is 9.84 Å². The lowest BCUT2D eigenvalue weighted by atomic mass is 10.1. The van der Waals surface area contributed by atoms with Crippen molar-refractivity contribution in [1.82, 2.24) is 4.98 Å². The summed E-state index contributed by atoms with van der Waals surface area (Å²) in [7, 11) is 1.58. The number of anilines is 1. The molecule has 1 rings (SSSR count). The molecular formula is C12H16N2O4. The minimum atomic E-state index is -1.08. The van der Waals surface area contributed by atoms with Crippen molar-refractivity contribution in [3.8, 4) is 0 Å². The Morgan fingerprint density at radius 3 is 2.83 bits per heavy atom. The molecule has 6 heteroatoms. The highest BCUT2D eigenvalue weighted by molar-refractivity contribution is 5.93. The lowest BCUT2D eigenvalue weighted by molar-refractivity contribution is -0.117. The summed E-state index contributed by atoms with van der Waals surface area (Å²) >= 11 is 0. The summed E-state index contributed by atoms with van der Waals surface area (Å²) in [5, 5.41) is 11.4. The number of nitrogens with zero attached hydrogens (tertiary/aromatic N) is 1. The van der Waals surface area contributed by atoms with Crippen LogP contribution in [0.2, 0.25) is 0 Å². The number of carbonyl (C=O) groups excluding carboxylic acids is 1. The maximum absolute atomic E-state index is 11.6. The molecule has 18 heavy (non-hydrogen) atoms. The number of aromatic nitrogens is 1. The van der Waals surface area contributed by atoms with Gasteiger partial charge in [0.1, 0.15) is 0 Å². The summed E-state index contributed by atoms with van der Waals surface area (Å²) in [5.74, 6) is -1.17. The number of carboxylic acids is 1. The summed E-state index contributed by atoms with van der Waals surface area (Å²) in [5.41, 5.74) is 0.419. The van der Waals surface area contributed by atoms with Gasteiger partial charge in [-0.15, -0.1) is 0 Å². The number of carboxylic acid groups (broad SMARTS) is 1. The fourth-order valence-electron chi connectivity index (χ4n) is 1.50. The third-order valence-corrected chi connectivity index (χ3v) is 2.25. The van der Waals surface area contributed by atoms with Gasteiger partial charge in [-0.05, 0) is 12.0 Å². The van der Waals surface area contributed by atoms with Crippen molar-refractivity contribution in [2.45, 2.75) is 13.3 Å². The zero-order chi connectivity index (χ0) is 13.5. The molecule has 0 saturated heterocycles. The Labute approximate surface area is 105 Å². The predicted octanol–water partition coefficient (Wildman–Crippen LogP) is 1.39. The SMILES string of the molecule is COCC(C)CC(=O)Nc1cncc(C(=O)O)c1. The van der Waals surface area contributed by atoms with Crippen molar-refractivity contribution in [1.29, 1.82) is 0 Å². The molecule has 0 aliphatic carbocycles. The van der Waals surface area contributed by atoms with Gasteiger partial charge in [-0.3, -0.25) is 9.78 Å². The maximum Gasteiger partial charge on any atom is 0.337 e. The van der Waals surface area contributed by atoms with E-state index in [1.807, 2.05) is 6.92 Å². The minimum Gasteiger partial charge on any atom is -0.478 e. The van der Waals surface area contributed by atoms with E-state index in [9.17, 15) is 9.59 Å². The van der Waals surface area contributed by atoms with Crippen molar-refractivity contribution >= 4 is 17.6 Å². The lowest BCUT2D eigenvalue weighted by Gasteiger charge is -2.10. The van der Waals surface area contributed by atoms with Gasteiger partial charge in [0, 0.05) is 26.3 Å². The molecule has 0 bridgehead atoms. The van der Waals surface area contributed by atoms with Gasteiger partial charge in [0.05, 0.1) is 17.4 Å². The van der Waals surface area contributed by atoms with Crippen LogP contribution >= 0.6 is 0 Å². The van der Waals surface area contributed by atoms with E-state index in [0.717, 1.165) is 0 Å². The normalized spacial score (nSPS) is 11.9. The third-order valence-electron chi connectivity index (χ3n) is 2.25. The Morgan fingerprint density at radius 2 is 2.22 bits per heavy atom. The van der Waals surface area contributed by atoms with Crippen molar-refractivity contribution in [3.63, 3.8) is 0 Å². The largest absolute Gasteiger partial charge is 0.478 e. The van der Waals surface area contributed by atoms with Crippen LogP contribution in [0.5, 0.6) is 0 Å². The van der Waals surface area contributed by atoms with Crippen molar-refractivity contribution in [2.75, 3.05) is 19.0 Å². The molecule has 0 radical (unpaired) electrons. The molecule has 0 aliphatic heterocycles. The summed E-state index contributed by atoms with van der Waals surface area (Å²) in [6.07, 6.45) is 2.95. The number of nitrogens with one attached hydrogen (secondary N) is 1. The minimum absolute atomic E-state index is 0.0396. The zero-order valence-corrected chi connectivity index (χ0v) is 10.3. The van der Waals surface area contributed by atoms with Crippen molar-refractivity contribution in [3.05, 3.63) is 24.0 Å². The van der Waals surface area contributed by atoms with E-state index < -0.39 is 5.97 Å². The van der Waals surface area contributed by atoms with Gasteiger partial charge < -0.3 is 15.2 Å². The van der Waals surface area contributed by atoms with Crippen LogP contribution in [0.15, 0.2) is 18.5 Å². The number of amides is 1. The van der Waals surface area contributed by atoms with Crippen LogP contribution in [-0.2, 0) is 9.53 Å². The second-order valence-electron chi connectivity index (χ2n) is 4.08. The first-order valence-corrected chi connectivity index (χ1v) is 5.50. The molecule has 1 heterocycles. The van der Waals surface area contributed by atoms with Crippen LogP contribution in [-0.4, -0.2) is 35.7 Å². The summed E-state index contributed by atoms with van der Waals surface area (Å²) < 4.78 is 4.94. The van der Waals surface area contributed by atoms with E-state index in [1.165, 1.54) is 18.5 Å². The van der Waals surface area contributed by atoms with Gasteiger partial charge in [0.25, 0.3) is 0 Å². The van der Waals surface area contributed by atoms with E-state index in [-0.39, 0.29) is 17.4 Å². The van der Waals surface area contributed by atoms with Crippen LogP contribution in [0.25, 0.3) is 0 Å². The molecule has 98 valence electrons. The van der Waals surface area contributed by atoms with Gasteiger partial charge in [-0.2, -0.15) is 0 Å². The molecule has 1 aromatic heterocycles. The average Bonchev–Trinajstić information content (AvgIpc) is 2.29. The van der Waals surface area contributed by atoms with Gasteiger partial charge in [0.15, 0.2) is 0 Å². The molecule has 0 aliphatic rings. The quantitative estimate of drug-likeness (QED) is 0.798. The first kappa shape index (κ1) is 14.1. The molecule has 1 atom stereocenters.